The van der Waals surface area contributed by atoms with Gasteiger partial charge >= 0.3 is 0 Å². The Kier molecular flexibility index (Phi) is 3.28. The van der Waals surface area contributed by atoms with E-state index in [9.17, 15) is 8.78 Å². The maximum Gasteiger partial charge on any atom is 0.166 e. The van der Waals surface area contributed by atoms with Gasteiger partial charge in [-0.25, -0.2) is 8.78 Å². The summed E-state index contributed by atoms with van der Waals surface area (Å²) >= 11 is 0. The molecule has 0 spiro atoms. The summed E-state index contributed by atoms with van der Waals surface area (Å²) in [5.74, 6) is -1.52. The standard InChI is InChI=1S/C15H19F2N/c1-9-4-5-12(14(17)13(9)16)10-6-11(18)8-15(2,3)7-10/h4-6,11H,7-8,18H2,1-3H3. The topological polar surface area (TPSA) is 26.0 Å². The number of hydrogen-bond acceptors (Lipinski definition) is 1. The largest absolute Gasteiger partial charge is 0.324 e. The molecule has 1 aliphatic rings. The van der Waals surface area contributed by atoms with E-state index in [1.54, 1.807) is 19.1 Å². The Balaban J connectivity index is 2.47. The molecule has 3 heteroatoms. The Labute approximate surface area is 107 Å². The Hall–Kier alpha value is -1.22. The molecule has 1 unspecified atom stereocenters. The normalized spacial score (nSPS) is 22.8. The number of allylic oxidation sites excluding steroid dienone is 1. The summed E-state index contributed by atoms with van der Waals surface area (Å²) in [7, 11) is 0. The van der Waals surface area contributed by atoms with Gasteiger partial charge in [0.15, 0.2) is 11.6 Å². The summed E-state index contributed by atoms with van der Waals surface area (Å²) in [6.07, 6.45) is 3.45. The molecule has 2 N–H and O–H groups in total. The van der Waals surface area contributed by atoms with Gasteiger partial charge < -0.3 is 5.73 Å². The smallest absolute Gasteiger partial charge is 0.166 e. The van der Waals surface area contributed by atoms with Crippen LogP contribution in [0.3, 0.4) is 0 Å². The molecule has 98 valence electrons. The van der Waals surface area contributed by atoms with Crippen molar-refractivity contribution in [2.24, 2.45) is 11.1 Å². The van der Waals surface area contributed by atoms with Gasteiger partial charge in [-0.2, -0.15) is 0 Å². The van der Waals surface area contributed by atoms with Gasteiger partial charge in [-0.3, -0.25) is 0 Å². The van der Waals surface area contributed by atoms with E-state index >= 15 is 0 Å². The van der Waals surface area contributed by atoms with E-state index < -0.39 is 11.6 Å². The Bertz CT molecular complexity index is 503. The molecule has 0 amide bonds. The maximum atomic E-state index is 14.0. The molecule has 2 rings (SSSR count). The zero-order valence-corrected chi connectivity index (χ0v) is 11.1. The van der Waals surface area contributed by atoms with Gasteiger partial charge in [0.05, 0.1) is 0 Å². The molecular weight excluding hydrogens is 232 g/mol. The third-order valence-electron chi connectivity index (χ3n) is 3.49. The molecule has 0 saturated heterocycles. The third kappa shape index (κ3) is 2.46. The van der Waals surface area contributed by atoms with Crippen LogP contribution in [0.4, 0.5) is 8.78 Å². The minimum absolute atomic E-state index is 0.0251. The van der Waals surface area contributed by atoms with Crippen LogP contribution in [-0.2, 0) is 0 Å². The van der Waals surface area contributed by atoms with Gasteiger partial charge in [-0.15, -0.1) is 0 Å². The van der Waals surface area contributed by atoms with E-state index in [-0.39, 0.29) is 11.5 Å². The highest BCUT2D eigenvalue weighted by Crippen LogP contribution is 2.40. The zero-order valence-electron chi connectivity index (χ0n) is 11.1. The third-order valence-corrected chi connectivity index (χ3v) is 3.49. The predicted octanol–water partition coefficient (Wildman–Crippen LogP) is 3.80. The average Bonchev–Trinajstić information content (AvgIpc) is 2.23. The average molecular weight is 251 g/mol. The van der Waals surface area contributed by atoms with E-state index in [0.717, 1.165) is 18.4 Å². The highest BCUT2D eigenvalue weighted by molar-refractivity contribution is 5.68. The molecule has 18 heavy (non-hydrogen) atoms. The van der Waals surface area contributed by atoms with E-state index in [1.807, 2.05) is 6.08 Å². The van der Waals surface area contributed by atoms with Crippen LogP contribution in [0.15, 0.2) is 18.2 Å². The number of aryl methyl sites for hydroxylation is 1. The lowest BCUT2D eigenvalue weighted by Crippen LogP contribution is -2.30. The first-order valence-corrected chi connectivity index (χ1v) is 6.21. The second-order valence-electron chi connectivity index (χ2n) is 5.96. The van der Waals surface area contributed by atoms with Crippen LogP contribution < -0.4 is 5.73 Å². The fourth-order valence-corrected chi connectivity index (χ4v) is 2.68. The van der Waals surface area contributed by atoms with Crippen LogP contribution in [0.2, 0.25) is 0 Å². The number of benzene rings is 1. The highest BCUT2D eigenvalue weighted by atomic mass is 19.2. The van der Waals surface area contributed by atoms with Crippen molar-refractivity contribution >= 4 is 5.57 Å². The summed E-state index contributed by atoms with van der Waals surface area (Å²) in [4.78, 5) is 0. The fraction of sp³-hybridized carbons (Fsp3) is 0.467. The van der Waals surface area contributed by atoms with Crippen molar-refractivity contribution in [3.8, 4) is 0 Å². The molecule has 1 aromatic carbocycles. The zero-order chi connectivity index (χ0) is 13.5. The molecular formula is C15H19F2N. The molecule has 1 atom stereocenters. The Morgan fingerprint density at radius 1 is 1.22 bits per heavy atom. The lowest BCUT2D eigenvalue weighted by Gasteiger charge is -2.33. The quantitative estimate of drug-likeness (QED) is 0.807. The van der Waals surface area contributed by atoms with Crippen molar-refractivity contribution in [2.45, 2.75) is 39.7 Å². The minimum Gasteiger partial charge on any atom is -0.324 e. The summed E-state index contributed by atoms with van der Waals surface area (Å²) < 4.78 is 27.6. The molecule has 1 aliphatic carbocycles. The van der Waals surface area contributed by atoms with Gasteiger partial charge in [0.1, 0.15) is 0 Å². The van der Waals surface area contributed by atoms with E-state index in [0.29, 0.717) is 11.1 Å². The Morgan fingerprint density at radius 2 is 1.89 bits per heavy atom. The first kappa shape index (κ1) is 13.2. The highest BCUT2D eigenvalue weighted by Gasteiger charge is 2.29. The molecule has 1 aromatic rings. The Morgan fingerprint density at radius 3 is 2.50 bits per heavy atom. The minimum atomic E-state index is -0.759. The second kappa shape index (κ2) is 4.47. The number of halogens is 2. The molecule has 0 aromatic heterocycles. The van der Waals surface area contributed by atoms with Crippen LogP contribution in [0.25, 0.3) is 5.57 Å². The first-order valence-electron chi connectivity index (χ1n) is 6.21. The van der Waals surface area contributed by atoms with Crippen molar-refractivity contribution in [1.29, 1.82) is 0 Å². The lowest BCUT2D eigenvalue weighted by molar-refractivity contribution is 0.318. The van der Waals surface area contributed by atoms with Crippen molar-refractivity contribution in [2.75, 3.05) is 0 Å². The van der Waals surface area contributed by atoms with E-state index in [2.05, 4.69) is 13.8 Å². The van der Waals surface area contributed by atoms with Crippen molar-refractivity contribution < 1.29 is 8.78 Å². The van der Waals surface area contributed by atoms with Crippen LogP contribution in [-0.4, -0.2) is 6.04 Å². The summed E-state index contributed by atoms with van der Waals surface area (Å²) in [6, 6.07) is 3.17. The van der Waals surface area contributed by atoms with Gasteiger partial charge in [0.2, 0.25) is 0 Å². The van der Waals surface area contributed by atoms with Gasteiger partial charge in [-0.1, -0.05) is 32.1 Å². The van der Waals surface area contributed by atoms with Gasteiger partial charge in [-0.05, 0) is 36.3 Å². The monoisotopic (exact) mass is 251 g/mol. The molecule has 0 fully saturated rings. The van der Waals surface area contributed by atoms with Gasteiger partial charge in [0.25, 0.3) is 0 Å². The molecule has 0 bridgehead atoms. The van der Waals surface area contributed by atoms with Crippen LogP contribution in [0, 0.1) is 24.0 Å². The van der Waals surface area contributed by atoms with Gasteiger partial charge in [0, 0.05) is 11.6 Å². The molecule has 0 radical (unpaired) electrons. The van der Waals surface area contributed by atoms with Crippen molar-refractivity contribution in [1.82, 2.24) is 0 Å². The maximum absolute atomic E-state index is 14.0. The molecule has 0 saturated carbocycles. The SMILES string of the molecule is Cc1ccc(C2=CC(N)CC(C)(C)C2)c(F)c1F. The summed E-state index contributed by atoms with van der Waals surface area (Å²) in [5, 5.41) is 0. The van der Waals surface area contributed by atoms with Crippen molar-refractivity contribution in [3.05, 3.63) is 41.0 Å². The predicted molar refractivity (Wildman–Crippen MR) is 70.1 cm³/mol. The number of rotatable bonds is 1. The van der Waals surface area contributed by atoms with E-state index in [1.165, 1.54) is 0 Å². The van der Waals surface area contributed by atoms with Crippen LogP contribution in [0.1, 0.15) is 37.8 Å². The molecule has 0 heterocycles. The van der Waals surface area contributed by atoms with E-state index in [4.69, 9.17) is 5.73 Å². The first-order chi connectivity index (χ1) is 8.30. The number of nitrogens with two attached hydrogens (primary N) is 1. The lowest BCUT2D eigenvalue weighted by atomic mass is 9.74. The summed E-state index contributed by atoms with van der Waals surface area (Å²) in [5.41, 5.74) is 7.48. The fourth-order valence-electron chi connectivity index (χ4n) is 2.68. The number of hydrogen-bond donors (Lipinski definition) is 1. The van der Waals surface area contributed by atoms with Crippen LogP contribution >= 0.6 is 0 Å². The molecule has 0 aliphatic heterocycles. The summed E-state index contributed by atoms with van der Waals surface area (Å²) in [6.45, 7) is 5.76. The van der Waals surface area contributed by atoms with Crippen molar-refractivity contribution in [3.63, 3.8) is 0 Å². The molecule has 1 nitrogen and oxygen atoms in total. The van der Waals surface area contributed by atoms with Crippen LogP contribution in [0.5, 0.6) is 0 Å². The second-order valence-corrected chi connectivity index (χ2v) is 5.96.